The van der Waals surface area contributed by atoms with Crippen molar-refractivity contribution in [2.24, 2.45) is 0 Å². The Hall–Kier alpha value is -3.39. The third kappa shape index (κ3) is 3.99. The van der Waals surface area contributed by atoms with E-state index < -0.39 is 15.5 Å². The summed E-state index contributed by atoms with van der Waals surface area (Å²) in [6.07, 6.45) is 3.71. The molecule has 1 heterocycles. The third-order valence-electron chi connectivity index (χ3n) is 4.52. The summed E-state index contributed by atoms with van der Waals surface area (Å²) in [5.41, 5.74) is -3.07. The number of sulfonamides is 1. The Morgan fingerprint density at radius 2 is 1.60 bits per heavy atom. The molecule has 0 saturated carbocycles. The van der Waals surface area contributed by atoms with E-state index in [-0.39, 0.29) is 5.69 Å². The van der Waals surface area contributed by atoms with Gasteiger partial charge in [0.2, 0.25) is 0 Å². The molecule has 0 saturated heterocycles. The number of hydrogen-bond acceptors (Lipinski definition) is 3. The molecule has 4 nitrogen and oxygen atoms in total. The normalized spacial score (nSPS) is 12.6. The lowest BCUT2D eigenvalue weighted by Crippen LogP contribution is -2.29. The quantitative estimate of drug-likeness (QED) is 0.446. The average molecular weight is 428 g/mol. The molecule has 152 valence electrons. The molecule has 0 atom stereocenters. The molecule has 0 aliphatic rings. The predicted octanol–water partition coefficient (Wildman–Crippen LogP) is 5.82. The summed E-state index contributed by atoms with van der Waals surface area (Å²) in [4.78, 5) is 4.58. The lowest BCUT2D eigenvalue weighted by Gasteiger charge is -2.11. The Labute approximate surface area is 170 Å². The Morgan fingerprint density at radius 3 is 2.40 bits per heavy atom. The van der Waals surface area contributed by atoms with Gasteiger partial charge in [-0.05, 0) is 46.7 Å². The molecule has 0 amide bonds. The van der Waals surface area contributed by atoms with Crippen LogP contribution in [0.15, 0.2) is 72.8 Å². The molecule has 0 fully saturated rings. The summed E-state index contributed by atoms with van der Waals surface area (Å²) in [6.45, 7) is 0. The van der Waals surface area contributed by atoms with Crippen molar-refractivity contribution in [3.8, 4) is 0 Å². The maximum absolute atomic E-state index is 12.6. The minimum absolute atomic E-state index is 0.155. The number of fused-ring (bicyclic) bond motifs is 2. The largest absolute Gasteiger partial charge is 0.516 e. The van der Waals surface area contributed by atoms with E-state index in [9.17, 15) is 21.6 Å². The maximum atomic E-state index is 12.6. The number of nitrogens with zero attached hydrogens (tertiary/aromatic N) is 1. The van der Waals surface area contributed by atoms with Crippen LogP contribution in [-0.2, 0) is 10.0 Å². The number of aromatic nitrogens is 1. The number of benzene rings is 3. The van der Waals surface area contributed by atoms with Gasteiger partial charge in [0.15, 0.2) is 0 Å². The summed E-state index contributed by atoms with van der Waals surface area (Å²) in [5, 5.41) is 2.41. The number of hydrogen-bond donors (Lipinski definition) is 1. The van der Waals surface area contributed by atoms with Gasteiger partial charge in [-0.2, -0.15) is 21.6 Å². The van der Waals surface area contributed by atoms with E-state index >= 15 is 0 Å². The molecule has 0 bridgehead atoms. The van der Waals surface area contributed by atoms with Crippen LogP contribution in [0.25, 0.3) is 33.8 Å². The van der Waals surface area contributed by atoms with Crippen molar-refractivity contribution < 1.29 is 21.6 Å². The van der Waals surface area contributed by atoms with Gasteiger partial charge >= 0.3 is 15.5 Å². The fraction of sp³-hybridized carbons (Fsp3) is 0.0455. The fourth-order valence-electron chi connectivity index (χ4n) is 3.08. The number of pyridine rings is 1. The standard InChI is InChI=1S/C22H15F3N2O2S/c23-22(24,25)30(28,29)27-19-12-13-20-15(5-3-6-17(20)14-19)8-10-18-11-9-16-4-1-2-7-21(16)26-18/h1-14,27H/b10-8+. The molecule has 1 N–H and O–H groups in total. The predicted molar refractivity (Wildman–Crippen MR) is 113 cm³/mol. The number of anilines is 1. The SMILES string of the molecule is O=S(=O)(Nc1ccc2c(/C=C/c3ccc4ccccc4n3)cccc2c1)C(F)(F)F. The smallest absolute Gasteiger partial charge is 0.276 e. The van der Waals surface area contributed by atoms with Gasteiger partial charge in [0, 0.05) is 11.1 Å². The van der Waals surface area contributed by atoms with E-state index in [1.807, 2.05) is 54.6 Å². The van der Waals surface area contributed by atoms with Crippen LogP contribution in [0.5, 0.6) is 0 Å². The molecule has 30 heavy (non-hydrogen) atoms. The first-order valence-corrected chi connectivity index (χ1v) is 10.4. The number of rotatable bonds is 4. The van der Waals surface area contributed by atoms with Gasteiger partial charge in [-0.15, -0.1) is 0 Å². The molecule has 4 aromatic rings. The molecule has 0 aliphatic heterocycles. The lowest BCUT2D eigenvalue weighted by molar-refractivity contribution is -0.0429. The van der Waals surface area contributed by atoms with Crippen molar-refractivity contribution in [3.05, 3.63) is 84.1 Å². The first kappa shape index (κ1) is 19.9. The Morgan fingerprint density at radius 1 is 0.833 bits per heavy atom. The summed E-state index contributed by atoms with van der Waals surface area (Å²) in [7, 11) is -5.47. The van der Waals surface area contributed by atoms with Crippen LogP contribution in [0.3, 0.4) is 0 Å². The van der Waals surface area contributed by atoms with Crippen molar-refractivity contribution in [2.45, 2.75) is 5.51 Å². The van der Waals surface area contributed by atoms with Crippen LogP contribution in [0, 0.1) is 0 Å². The second-order valence-corrected chi connectivity index (χ2v) is 8.27. The van der Waals surface area contributed by atoms with E-state index in [2.05, 4.69) is 4.98 Å². The van der Waals surface area contributed by atoms with Crippen LogP contribution in [0.2, 0.25) is 0 Å². The molecule has 0 aliphatic carbocycles. The Bertz CT molecular complexity index is 1380. The van der Waals surface area contributed by atoms with Crippen molar-refractivity contribution >= 4 is 49.5 Å². The highest BCUT2D eigenvalue weighted by atomic mass is 32.2. The van der Waals surface area contributed by atoms with Gasteiger partial charge in [-0.25, -0.2) is 4.98 Å². The summed E-state index contributed by atoms with van der Waals surface area (Å²) in [5.74, 6) is 0. The van der Waals surface area contributed by atoms with Crippen LogP contribution in [0.1, 0.15) is 11.3 Å². The summed E-state index contributed by atoms with van der Waals surface area (Å²) < 4.78 is 62.0. The molecule has 0 radical (unpaired) electrons. The van der Waals surface area contributed by atoms with E-state index in [4.69, 9.17) is 0 Å². The number of halogens is 3. The highest BCUT2D eigenvalue weighted by Crippen LogP contribution is 2.28. The summed E-state index contributed by atoms with van der Waals surface area (Å²) >= 11 is 0. The topological polar surface area (TPSA) is 59.1 Å². The zero-order valence-electron chi connectivity index (χ0n) is 15.4. The second kappa shape index (κ2) is 7.46. The summed E-state index contributed by atoms with van der Waals surface area (Å²) in [6, 6.07) is 21.2. The van der Waals surface area contributed by atoms with Crippen molar-refractivity contribution in [1.29, 1.82) is 0 Å². The van der Waals surface area contributed by atoms with Gasteiger partial charge in [-0.3, -0.25) is 4.72 Å². The molecule has 4 rings (SSSR count). The lowest BCUT2D eigenvalue weighted by atomic mass is 10.0. The molecular formula is C22H15F3N2O2S. The maximum Gasteiger partial charge on any atom is 0.516 e. The molecule has 0 unspecified atom stereocenters. The highest BCUT2D eigenvalue weighted by Gasteiger charge is 2.46. The van der Waals surface area contributed by atoms with E-state index in [1.54, 1.807) is 22.9 Å². The zero-order chi connectivity index (χ0) is 21.4. The first-order chi connectivity index (χ1) is 14.2. The minimum Gasteiger partial charge on any atom is -0.276 e. The van der Waals surface area contributed by atoms with Crippen LogP contribution in [-0.4, -0.2) is 18.9 Å². The molecular weight excluding hydrogens is 413 g/mol. The van der Waals surface area contributed by atoms with E-state index in [0.29, 0.717) is 5.39 Å². The Kier molecular flexibility index (Phi) is 4.95. The van der Waals surface area contributed by atoms with Gasteiger partial charge in [0.05, 0.1) is 11.2 Å². The van der Waals surface area contributed by atoms with Gasteiger partial charge in [0.25, 0.3) is 0 Å². The fourth-order valence-corrected chi connectivity index (χ4v) is 3.63. The van der Waals surface area contributed by atoms with Crippen LogP contribution in [0.4, 0.5) is 18.9 Å². The number of para-hydroxylation sites is 1. The van der Waals surface area contributed by atoms with E-state index in [1.165, 1.54) is 12.1 Å². The monoisotopic (exact) mass is 428 g/mol. The molecule has 0 spiro atoms. The minimum atomic E-state index is -5.47. The zero-order valence-corrected chi connectivity index (χ0v) is 16.2. The molecule has 3 aromatic carbocycles. The van der Waals surface area contributed by atoms with Crippen LogP contribution < -0.4 is 4.72 Å². The number of alkyl halides is 3. The number of nitrogens with one attached hydrogen (secondary N) is 1. The molecule has 8 heteroatoms. The Balaban J connectivity index is 1.65. The van der Waals surface area contributed by atoms with Crippen molar-refractivity contribution in [1.82, 2.24) is 4.98 Å². The van der Waals surface area contributed by atoms with Crippen LogP contribution >= 0.6 is 0 Å². The molecule has 1 aromatic heterocycles. The van der Waals surface area contributed by atoms with Gasteiger partial charge in [0.1, 0.15) is 0 Å². The highest BCUT2D eigenvalue weighted by molar-refractivity contribution is 7.93. The third-order valence-corrected chi connectivity index (χ3v) is 5.64. The average Bonchev–Trinajstić information content (AvgIpc) is 2.70. The van der Waals surface area contributed by atoms with Gasteiger partial charge in [-0.1, -0.05) is 54.6 Å². The second-order valence-electron chi connectivity index (χ2n) is 6.60. The van der Waals surface area contributed by atoms with E-state index in [0.717, 1.165) is 27.5 Å². The van der Waals surface area contributed by atoms with Gasteiger partial charge < -0.3 is 0 Å². The first-order valence-electron chi connectivity index (χ1n) is 8.89. The van der Waals surface area contributed by atoms with Crippen molar-refractivity contribution in [2.75, 3.05) is 4.72 Å². The van der Waals surface area contributed by atoms with Crippen molar-refractivity contribution in [3.63, 3.8) is 0 Å².